The summed E-state index contributed by atoms with van der Waals surface area (Å²) in [5.74, 6) is -1.28. The number of carbonyl (C=O) groups is 2. The van der Waals surface area contributed by atoms with Crippen LogP contribution in [0.5, 0.6) is 0 Å². The van der Waals surface area contributed by atoms with Crippen molar-refractivity contribution in [1.82, 2.24) is 4.98 Å². The Kier molecular flexibility index (Phi) is 5.59. The molecule has 0 amide bonds. The predicted molar refractivity (Wildman–Crippen MR) is 61.4 cm³/mol. The molecule has 1 unspecified atom stereocenters. The van der Waals surface area contributed by atoms with E-state index in [2.05, 4.69) is 24.7 Å². The first kappa shape index (κ1) is 13.9. The van der Waals surface area contributed by atoms with Crippen LogP contribution in [-0.2, 0) is 19.1 Å². The monoisotopic (exact) mass is 251 g/mol. The number of rotatable bonds is 6. The van der Waals surface area contributed by atoms with Crippen LogP contribution in [0.1, 0.15) is 0 Å². The average molecular weight is 251 g/mol. The van der Waals surface area contributed by atoms with Gasteiger partial charge in [0.25, 0.3) is 0 Å². The third-order valence-corrected chi connectivity index (χ3v) is 1.97. The van der Waals surface area contributed by atoms with Gasteiger partial charge in [-0.1, -0.05) is 0 Å². The highest BCUT2D eigenvalue weighted by Crippen LogP contribution is 2.11. The molecule has 7 heteroatoms. The van der Waals surface area contributed by atoms with Crippen molar-refractivity contribution in [3.63, 3.8) is 0 Å². The lowest BCUT2D eigenvalue weighted by atomic mass is 10.2. The second-order valence-corrected chi connectivity index (χ2v) is 3.25. The highest BCUT2D eigenvalue weighted by Gasteiger charge is 2.27. The molecule has 0 radical (unpaired) electrons. The molecule has 7 nitrogen and oxygen atoms in total. The Hall–Kier alpha value is -2.15. The number of hydrogen-bond donors (Lipinski definition) is 0. The van der Waals surface area contributed by atoms with E-state index in [9.17, 15) is 9.59 Å². The van der Waals surface area contributed by atoms with Crippen molar-refractivity contribution in [2.24, 2.45) is 10.2 Å². The van der Waals surface area contributed by atoms with Gasteiger partial charge in [-0.15, -0.1) is 0 Å². The molecule has 0 saturated heterocycles. The van der Waals surface area contributed by atoms with E-state index in [0.717, 1.165) is 0 Å². The van der Waals surface area contributed by atoms with E-state index in [1.165, 1.54) is 26.6 Å². The largest absolute Gasteiger partial charge is 0.467 e. The minimum atomic E-state index is -1.30. The first-order chi connectivity index (χ1) is 8.69. The summed E-state index contributed by atoms with van der Waals surface area (Å²) < 4.78 is 9.15. The summed E-state index contributed by atoms with van der Waals surface area (Å²) in [6.07, 6.45) is 3.05. The Morgan fingerprint density at radius 3 is 2.56 bits per heavy atom. The third kappa shape index (κ3) is 4.02. The lowest BCUT2D eigenvalue weighted by molar-refractivity contribution is -0.146. The van der Waals surface area contributed by atoms with Gasteiger partial charge in [-0.3, -0.25) is 9.78 Å². The van der Waals surface area contributed by atoms with E-state index in [4.69, 9.17) is 0 Å². The van der Waals surface area contributed by atoms with Crippen LogP contribution < -0.4 is 0 Å². The lowest BCUT2D eigenvalue weighted by Crippen LogP contribution is -2.31. The van der Waals surface area contributed by atoms with Gasteiger partial charge in [0.1, 0.15) is 6.61 Å². The van der Waals surface area contributed by atoms with Crippen molar-refractivity contribution in [2.45, 2.75) is 6.04 Å². The smallest absolute Gasteiger partial charge is 0.340 e. The van der Waals surface area contributed by atoms with Crippen molar-refractivity contribution in [2.75, 3.05) is 20.8 Å². The quantitative estimate of drug-likeness (QED) is 0.426. The molecule has 1 heterocycles. The Labute approximate surface area is 104 Å². The number of methoxy groups -OCH3 is 2. The summed E-state index contributed by atoms with van der Waals surface area (Å²) >= 11 is 0. The fourth-order valence-electron chi connectivity index (χ4n) is 1.11. The summed E-state index contributed by atoms with van der Waals surface area (Å²) in [4.78, 5) is 26.8. The number of Topliss-reactive ketones (excluding diaryl/α,β-unsaturated/α-hetero) is 1. The molecule has 0 aliphatic rings. The summed E-state index contributed by atoms with van der Waals surface area (Å²) in [7, 11) is 2.53. The van der Waals surface area contributed by atoms with E-state index in [0.29, 0.717) is 5.69 Å². The molecule has 0 aliphatic heterocycles. The van der Waals surface area contributed by atoms with Crippen molar-refractivity contribution in [1.29, 1.82) is 0 Å². The molecule has 1 aromatic rings. The summed E-state index contributed by atoms with van der Waals surface area (Å²) in [5, 5.41) is 7.46. The standard InChI is InChI=1S/C11H13N3O4/c1-17-7-9(15)10(11(16)18-2)14-13-8-3-5-12-6-4-8/h3-6,10H,7H2,1-2H3. The Morgan fingerprint density at radius 2 is 2.00 bits per heavy atom. The van der Waals surface area contributed by atoms with Crippen LogP contribution in [0.2, 0.25) is 0 Å². The topological polar surface area (TPSA) is 90.2 Å². The summed E-state index contributed by atoms with van der Waals surface area (Å²) in [6, 6.07) is 1.89. The van der Waals surface area contributed by atoms with E-state index in [1.807, 2.05) is 0 Å². The Balaban J connectivity index is 2.82. The minimum absolute atomic E-state index is 0.227. The second kappa shape index (κ2) is 7.23. The zero-order valence-corrected chi connectivity index (χ0v) is 10.1. The van der Waals surface area contributed by atoms with Gasteiger partial charge in [-0.05, 0) is 12.1 Å². The van der Waals surface area contributed by atoms with Gasteiger partial charge in [0.05, 0.1) is 12.8 Å². The highest BCUT2D eigenvalue weighted by atomic mass is 16.5. The fraction of sp³-hybridized carbons (Fsp3) is 0.364. The second-order valence-electron chi connectivity index (χ2n) is 3.25. The molecule has 0 N–H and O–H groups in total. The van der Waals surface area contributed by atoms with E-state index >= 15 is 0 Å². The molecule has 96 valence electrons. The van der Waals surface area contributed by atoms with Crippen molar-refractivity contribution in [3.05, 3.63) is 24.5 Å². The number of hydrogen-bond acceptors (Lipinski definition) is 7. The number of azo groups is 1. The maximum Gasteiger partial charge on any atom is 0.340 e. The normalized spacial score (nSPS) is 12.3. The molecule has 0 aliphatic carbocycles. The fourth-order valence-corrected chi connectivity index (χ4v) is 1.11. The highest BCUT2D eigenvalue weighted by molar-refractivity contribution is 6.03. The van der Waals surface area contributed by atoms with Crippen LogP contribution in [0.25, 0.3) is 0 Å². The minimum Gasteiger partial charge on any atom is -0.467 e. The zero-order valence-electron chi connectivity index (χ0n) is 10.1. The number of ether oxygens (including phenoxy) is 2. The molecule has 18 heavy (non-hydrogen) atoms. The van der Waals surface area contributed by atoms with Gasteiger partial charge in [0.15, 0.2) is 5.78 Å². The molecule has 1 atom stereocenters. The number of pyridine rings is 1. The predicted octanol–water partition coefficient (Wildman–Crippen LogP) is 0.922. The number of aromatic nitrogens is 1. The molecular weight excluding hydrogens is 238 g/mol. The van der Waals surface area contributed by atoms with Crippen LogP contribution >= 0.6 is 0 Å². The molecule has 1 rings (SSSR count). The van der Waals surface area contributed by atoms with Gasteiger partial charge in [-0.25, -0.2) is 4.79 Å². The molecule has 0 fully saturated rings. The van der Waals surface area contributed by atoms with Crippen LogP contribution in [0.4, 0.5) is 5.69 Å². The van der Waals surface area contributed by atoms with Crippen LogP contribution in [0.15, 0.2) is 34.8 Å². The van der Waals surface area contributed by atoms with Gasteiger partial charge in [-0.2, -0.15) is 10.2 Å². The van der Waals surface area contributed by atoms with Crippen molar-refractivity contribution in [3.8, 4) is 0 Å². The van der Waals surface area contributed by atoms with Crippen LogP contribution in [0.3, 0.4) is 0 Å². The Morgan fingerprint density at radius 1 is 1.33 bits per heavy atom. The number of esters is 1. The van der Waals surface area contributed by atoms with E-state index in [-0.39, 0.29) is 6.61 Å². The van der Waals surface area contributed by atoms with Gasteiger partial charge in [0.2, 0.25) is 6.04 Å². The molecule has 0 spiro atoms. The van der Waals surface area contributed by atoms with Crippen molar-refractivity contribution < 1.29 is 19.1 Å². The number of ketones is 1. The van der Waals surface area contributed by atoms with Crippen LogP contribution in [-0.4, -0.2) is 43.6 Å². The molecule has 0 aromatic carbocycles. The number of carbonyl (C=O) groups excluding carboxylic acids is 2. The van der Waals surface area contributed by atoms with Gasteiger partial charge < -0.3 is 9.47 Å². The molecule has 0 bridgehead atoms. The third-order valence-electron chi connectivity index (χ3n) is 1.97. The maximum absolute atomic E-state index is 11.6. The van der Waals surface area contributed by atoms with Crippen molar-refractivity contribution >= 4 is 17.4 Å². The SMILES string of the molecule is COCC(=O)C(N=Nc1ccncc1)C(=O)OC. The summed E-state index contributed by atoms with van der Waals surface area (Å²) in [5.41, 5.74) is 0.490. The van der Waals surface area contributed by atoms with Crippen LogP contribution in [0, 0.1) is 0 Å². The lowest BCUT2D eigenvalue weighted by Gasteiger charge is -2.06. The maximum atomic E-state index is 11.6. The van der Waals surface area contributed by atoms with E-state index < -0.39 is 17.8 Å². The Bertz CT molecular complexity index is 433. The molecule has 1 aromatic heterocycles. The molecular formula is C11H13N3O4. The first-order valence-corrected chi connectivity index (χ1v) is 5.09. The van der Waals surface area contributed by atoms with Gasteiger partial charge >= 0.3 is 5.97 Å². The molecule has 0 saturated carbocycles. The average Bonchev–Trinajstić information content (AvgIpc) is 2.40. The summed E-state index contributed by atoms with van der Waals surface area (Å²) in [6.45, 7) is -0.227. The first-order valence-electron chi connectivity index (χ1n) is 5.09. The van der Waals surface area contributed by atoms with Gasteiger partial charge in [0, 0.05) is 19.5 Å². The van der Waals surface area contributed by atoms with E-state index in [1.54, 1.807) is 12.1 Å². The zero-order chi connectivity index (χ0) is 13.4. The number of nitrogens with zero attached hydrogens (tertiary/aromatic N) is 3.